The highest BCUT2D eigenvalue weighted by Crippen LogP contribution is 2.24. The van der Waals surface area contributed by atoms with Gasteiger partial charge in [-0.2, -0.15) is 0 Å². The number of benzene rings is 1. The first-order valence-electron chi connectivity index (χ1n) is 7.78. The van der Waals surface area contributed by atoms with Crippen molar-refractivity contribution in [2.24, 2.45) is 11.7 Å². The molecule has 5 heteroatoms. The summed E-state index contributed by atoms with van der Waals surface area (Å²) in [5.41, 5.74) is 9.85. The molecule has 0 bridgehead atoms. The fraction of sp³-hybridized carbons (Fsp3) is 0.529. The van der Waals surface area contributed by atoms with Gasteiger partial charge >= 0.3 is 0 Å². The Balaban J connectivity index is 1.87. The van der Waals surface area contributed by atoms with Crippen LogP contribution in [0.25, 0.3) is 0 Å². The number of carbonyl (C=O) groups excluding carboxylic acids is 2. The Labute approximate surface area is 131 Å². The zero-order valence-electron chi connectivity index (χ0n) is 13.5. The molecule has 120 valence electrons. The van der Waals surface area contributed by atoms with Gasteiger partial charge in [-0.25, -0.2) is 0 Å². The van der Waals surface area contributed by atoms with Crippen molar-refractivity contribution >= 4 is 17.5 Å². The second-order valence-electron chi connectivity index (χ2n) is 6.31. The quantitative estimate of drug-likeness (QED) is 0.793. The first kappa shape index (κ1) is 16.5. The maximum Gasteiger partial charge on any atom is 0.243 e. The van der Waals surface area contributed by atoms with Crippen LogP contribution < -0.4 is 16.4 Å². The van der Waals surface area contributed by atoms with Crippen LogP contribution in [0.4, 0.5) is 5.69 Å². The fourth-order valence-electron chi connectivity index (χ4n) is 3.13. The van der Waals surface area contributed by atoms with Crippen LogP contribution in [-0.4, -0.2) is 24.4 Å². The highest BCUT2D eigenvalue weighted by atomic mass is 16.2. The van der Waals surface area contributed by atoms with Crippen molar-refractivity contribution in [1.82, 2.24) is 5.32 Å². The molecule has 0 spiro atoms. The summed E-state index contributed by atoms with van der Waals surface area (Å²) in [5, 5.41) is 5.59. The van der Waals surface area contributed by atoms with Gasteiger partial charge in [0.05, 0.1) is 6.54 Å². The Morgan fingerprint density at radius 1 is 1.18 bits per heavy atom. The van der Waals surface area contributed by atoms with E-state index in [-0.39, 0.29) is 30.3 Å². The molecule has 1 aliphatic carbocycles. The van der Waals surface area contributed by atoms with Crippen molar-refractivity contribution in [3.05, 3.63) is 28.8 Å². The van der Waals surface area contributed by atoms with Crippen molar-refractivity contribution in [1.29, 1.82) is 0 Å². The number of aryl methyl sites for hydroxylation is 3. The van der Waals surface area contributed by atoms with E-state index in [1.165, 1.54) is 5.56 Å². The lowest BCUT2D eigenvalue weighted by Crippen LogP contribution is -2.36. The van der Waals surface area contributed by atoms with Crippen LogP contribution in [0.2, 0.25) is 0 Å². The third kappa shape index (κ3) is 4.07. The van der Waals surface area contributed by atoms with E-state index in [0.29, 0.717) is 6.42 Å². The molecular formula is C17H25N3O2. The van der Waals surface area contributed by atoms with Crippen LogP contribution >= 0.6 is 0 Å². The minimum absolute atomic E-state index is 0.00265. The average molecular weight is 303 g/mol. The Hall–Kier alpha value is -1.88. The van der Waals surface area contributed by atoms with E-state index >= 15 is 0 Å². The van der Waals surface area contributed by atoms with E-state index in [4.69, 9.17) is 5.73 Å². The number of hydrogen-bond donors (Lipinski definition) is 3. The standard InChI is InChI=1S/C17H25N3O2/c1-10-6-11(2)16(12(3)7-10)20-15(21)9-19-17(22)13-4-5-14(18)8-13/h6-7,13-14H,4-5,8-9,18H2,1-3H3,(H,19,22)(H,20,21). The molecule has 0 heterocycles. The summed E-state index contributed by atoms with van der Waals surface area (Å²) in [5.74, 6) is -0.322. The van der Waals surface area contributed by atoms with Crippen LogP contribution in [0.3, 0.4) is 0 Å². The van der Waals surface area contributed by atoms with Crippen molar-refractivity contribution < 1.29 is 9.59 Å². The number of hydrogen-bond acceptors (Lipinski definition) is 3. The van der Waals surface area contributed by atoms with E-state index in [2.05, 4.69) is 10.6 Å². The predicted molar refractivity (Wildman–Crippen MR) is 87.6 cm³/mol. The molecular weight excluding hydrogens is 278 g/mol. The second kappa shape index (κ2) is 6.92. The second-order valence-corrected chi connectivity index (χ2v) is 6.31. The first-order valence-corrected chi connectivity index (χ1v) is 7.78. The maximum absolute atomic E-state index is 12.0. The number of nitrogens with one attached hydrogen (secondary N) is 2. The largest absolute Gasteiger partial charge is 0.347 e. The molecule has 1 saturated carbocycles. The van der Waals surface area contributed by atoms with Gasteiger partial charge < -0.3 is 16.4 Å². The van der Waals surface area contributed by atoms with E-state index in [9.17, 15) is 9.59 Å². The topological polar surface area (TPSA) is 84.2 Å². The van der Waals surface area contributed by atoms with Crippen LogP contribution in [0.15, 0.2) is 12.1 Å². The molecule has 2 amide bonds. The van der Waals surface area contributed by atoms with Gasteiger partial charge in [-0.05, 0) is 51.2 Å². The Morgan fingerprint density at radius 2 is 1.82 bits per heavy atom. The molecule has 2 unspecified atom stereocenters. The Kier molecular flexibility index (Phi) is 5.19. The predicted octanol–water partition coefficient (Wildman–Crippen LogP) is 1.79. The lowest BCUT2D eigenvalue weighted by atomic mass is 10.1. The van der Waals surface area contributed by atoms with E-state index in [1.54, 1.807) is 0 Å². The molecule has 2 atom stereocenters. The summed E-state index contributed by atoms with van der Waals surface area (Å²) in [6, 6.07) is 4.17. The zero-order chi connectivity index (χ0) is 16.3. The summed E-state index contributed by atoms with van der Waals surface area (Å²) >= 11 is 0. The Bertz CT molecular complexity index is 560. The van der Waals surface area contributed by atoms with Crippen LogP contribution in [0.5, 0.6) is 0 Å². The SMILES string of the molecule is Cc1cc(C)c(NC(=O)CNC(=O)C2CCC(N)C2)c(C)c1. The Morgan fingerprint density at radius 3 is 2.36 bits per heavy atom. The van der Waals surface area contributed by atoms with Crippen LogP contribution in [-0.2, 0) is 9.59 Å². The number of anilines is 1. The minimum Gasteiger partial charge on any atom is -0.347 e. The van der Waals surface area contributed by atoms with Crippen molar-refractivity contribution in [3.63, 3.8) is 0 Å². The zero-order valence-corrected chi connectivity index (χ0v) is 13.5. The lowest BCUT2D eigenvalue weighted by molar-refractivity contribution is -0.127. The summed E-state index contributed by atoms with van der Waals surface area (Å²) in [6.45, 7) is 5.96. The van der Waals surface area contributed by atoms with Gasteiger partial charge in [0.1, 0.15) is 0 Å². The molecule has 0 saturated heterocycles. The molecule has 5 nitrogen and oxygen atoms in total. The molecule has 1 aliphatic rings. The number of amides is 2. The van der Waals surface area contributed by atoms with Crippen LogP contribution in [0, 0.1) is 26.7 Å². The molecule has 22 heavy (non-hydrogen) atoms. The summed E-state index contributed by atoms with van der Waals surface area (Å²) in [4.78, 5) is 24.0. The normalized spacial score (nSPS) is 20.7. The third-order valence-corrected chi connectivity index (χ3v) is 4.21. The van der Waals surface area contributed by atoms with Gasteiger partial charge in [0.25, 0.3) is 0 Å². The van der Waals surface area contributed by atoms with Gasteiger partial charge in [-0.3, -0.25) is 9.59 Å². The van der Waals surface area contributed by atoms with E-state index in [0.717, 1.165) is 29.7 Å². The summed E-state index contributed by atoms with van der Waals surface area (Å²) in [6.07, 6.45) is 2.40. The average Bonchev–Trinajstić information content (AvgIpc) is 2.87. The highest BCUT2D eigenvalue weighted by molar-refractivity contribution is 5.96. The molecule has 1 aromatic carbocycles. The van der Waals surface area contributed by atoms with Gasteiger partial charge in [-0.15, -0.1) is 0 Å². The minimum atomic E-state index is -0.203. The fourth-order valence-corrected chi connectivity index (χ4v) is 3.13. The van der Waals surface area contributed by atoms with Crippen LogP contribution in [0.1, 0.15) is 36.0 Å². The highest BCUT2D eigenvalue weighted by Gasteiger charge is 2.27. The number of carbonyl (C=O) groups is 2. The van der Waals surface area contributed by atoms with E-state index in [1.807, 2.05) is 32.9 Å². The summed E-state index contributed by atoms with van der Waals surface area (Å²) < 4.78 is 0. The number of rotatable bonds is 4. The van der Waals surface area contributed by atoms with Gasteiger partial charge in [0.15, 0.2) is 0 Å². The van der Waals surface area contributed by atoms with Crippen molar-refractivity contribution in [3.8, 4) is 0 Å². The van der Waals surface area contributed by atoms with Gasteiger partial charge in [-0.1, -0.05) is 17.7 Å². The lowest BCUT2D eigenvalue weighted by Gasteiger charge is -2.14. The molecule has 0 radical (unpaired) electrons. The molecule has 1 aromatic rings. The summed E-state index contributed by atoms with van der Waals surface area (Å²) in [7, 11) is 0. The third-order valence-electron chi connectivity index (χ3n) is 4.21. The van der Waals surface area contributed by atoms with Crippen molar-refractivity contribution in [2.45, 2.75) is 46.1 Å². The van der Waals surface area contributed by atoms with E-state index < -0.39 is 0 Å². The first-order chi connectivity index (χ1) is 10.4. The molecule has 0 aromatic heterocycles. The molecule has 1 fully saturated rings. The van der Waals surface area contributed by atoms with Gasteiger partial charge in [0.2, 0.25) is 11.8 Å². The van der Waals surface area contributed by atoms with Gasteiger partial charge in [0, 0.05) is 17.6 Å². The van der Waals surface area contributed by atoms with Crippen molar-refractivity contribution in [2.75, 3.05) is 11.9 Å². The smallest absolute Gasteiger partial charge is 0.243 e. The molecule has 4 N–H and O–H groups in total. The number of nitrogens with two attached hydrogens (primary N) is 1. The molecule has 0 aliphatic heterocycles. The molecule has 2 rings (SSSR count). The maximum atomic E-state index is 12.0. The monoisotopic (exact) mass is 303 g/mol.